The summed E-state index contributed by atoms with van der Waals surface area (Å²) >= 11 is 4.72. The molecule has 8 heteroatoms. The summed E-state index contributed by atoms with van der Waals surface area (Å²) in [6.07, 6.45) is 5.55. The molecule has 0 amide bonds. The van der Waals surface area contributed by atoms with Gasteiger partial charge in [0.1, 0.15) is 5.75 Å². The molecule has 0 spiro atoms. The molecule has 174 valence electrons. The zero-order valence-electron chi connectivity index (χ0n) is 18.9. The third kappa shape index (κ3) is 4.83. The lowest BCUT2D eigenvalue weighted by atomic mass is 9.96. The van der Waals surface area contributed by atoms with Crippen LogP contribution in [-0.2, 0) is 9.53 Å². The van der Waals surface area contributed by atoms with Crippen LogP contribution < -0.4 is 19.6 Å². The number of benzene rings is 2. The van der Waals surface area contributed by atoms with E-state index >= 15 is 0 Å². The maximum Gasteiger partial charge on any atom is 0.338 e. The lowest BCUT2D eigenvalue weighted by Gasteiger charge is -2.24. The van der Waals surface area contributed by atoms with Crippen molar-refractivity contribution in [3.63, 3.8) is 0 Å². The monoisotopic (exact) mass is 538 g/mol. The van der Waals surface area contributed by atoms with Gasteiger partial charge in [-0.2, -0.15) is 0 Å². The zero-order chi connectivity index (χ0) is 24.2. The normalized spacial score (nSPS) is 15.9. The average Bonchev–Trinajstić information content (AvgIpc) is 3.14. The molecule has 3 aromatic rings. The van der Waals surface area contributed by atoms with Gasteiger partial charge in [-0.05, 0) is 55.3 Å². The largest absolute Gasteiger partial charge is 0.497 e. The van der Waals surface area contributed by atoms with Crippen molar-refractivity contribution in [1.82, 2.24) is 4.57 Å². The molecule has 2 heterocycles. The fraction of sp³-hybridized carbons (Fsp3) is 0.192. The lowest BCUT2D eigenvalue weighted by molar-refractivity contribution is -0.139. The van der Waals surface area contributed by atoms with Crippen molar-refractivity contribution < 1.29 is 14.3 Å². The van der Waals surface area contributed by atoms with E-state index in [0.29, 0.717) is 26.4 Å². The van der Waals surface area contributed by atoms with Crippen molar-refractivity contribution in [3.8, 4) is 5.75 Å². The first-order valence-corrected chi connectivity index (χ1v) is 12.3. The number of hydrogen-bond acceptors (Lipinski definition) is 6. The second kappa shape index (κ2) is 10.4. The molecule has 4 rings (SSSR count). The minimum absolute atomic E-state index is 0.209. The van der Waals surface area contributed by atoms with E-state index < -0.39 is 12.0 Å². The van der Waals surface area contributed by atoms with Crippen LogP contribution in [-0.4, -0.2) is 24.3 Å². The van der Waals surface area contributed by atoms with Gasteiger partial charge in [-0.15, -0.1) is 0 Å². The molecule has 34 heavy (non-hydrogen) atoms. The fourth-order valence-corrected chi connectivity index (χ4v) is 4.99. The van der Waals surface area contributed by atoms with Gasteiger partial charge in [0.2, 0.25) is 0 Å². The first-order valence-electron chi connectivity index (χ1n) is 10.7. The van der Waals surface area contributed by atoms with Gasteiger partial charge in [-0.1, -0.05) is 63.7 Å². The van der Waals surface area contributed by atoms with Crippen molar-refractivity contribution in [2.45, 2.75) is 19.9 Å². The van der Waals surface area contributed by atoms with Crippen LogP contribution >= 0.6 is 27.3 Å². The van der Waals surface area contributed by atoms with Crippen molar-refractivity contribution in [1.29, 1.82) is 0 Å². The molecule has 0 radical (unpaired) electrons. The zero-order valence-corrected chi connectivity index (χ0v) is 21.4. The van der Waals surface area contributed by atoms with E-state index in [9.17, 15) is 9.59 Å². The summed E-state index contributed by atoms with van der Waals surface area (Å²) in [4.78, 5) is 31.5. The second-order valence-electron chi connectivity index (χ2n) is 7.51. The van der Waals surface area contributed by atoms with E-state index in [-0.39, 0.29) is 12.2 Å². The average molecular weight is 539 g/mol. The highest BCUT2D eigenvalue weighted by molar-refractivity contribution is 9.10. The Morgan fingerprint density at radius 1 is 1.18 bits per heavy atom. The van der Waals surface area contributed by atoms with Crippen LogP contribution in [0.4, 0.5) is 0 Å². The van der Waals surface area contributed by atoms with Crippen molar-refractivity contribution in [2.75, 3.05) is 13.7 Å². The topological polar surface area (TPSA) is 69.9 Å². The molecule has 0 bridgehead atoms. The molecule has 0 unspecified atom stereocenters. The van der Waals surface area contributed by atoms with E-state index in [0.717, 1.165) is 15.6 Å². The van der Waals surface area contributed by atoms with Gasteiger partial charge in [0, 0.05) is 4.47 Å². The molecular formula is C26H23BrN2O4S. The molecule has 0 fully saturated rings. The van der Waals surface area contributed by atoms with Crippen molar-refractivity contribution in [3.05, 3.63) is 101 Å². The van der Waals surface area contributed by atoms with Gasteiger partial charge in [0.25, 0.3) is 5.56 Å². The third-order valence-corrected chi connectivity index (χ3v) is 6.88. The van der Waals surface area contributed by atoms with Crippen LogP contribution in [0.2, 0.25) is 0 Å². The number of carbonyl (C=O) groups is 1. The van der Waals surface area contributed by atoms with Gasteiger partial charge in [0.15, 0.2) is 4.80 Å². The van der Waals surface area contributed by atoms with E-state index in [1.165, 1.54) is 11.3 Å². The van der Waals surface area contributed by atoms with Crippen LogP contribution in [0.1, 0.15) is 31.0 Å². The van der Waals surface area contributed by atoms with Gasteiger partial charge >= 0.3 is 5.97 Å². The first-order chi connectivity index (χ1) is 16.4. The van der Waals surface area contributed by atoms with Gasteiger partial charge in [-0.25, -0.2) is 9.79 Å². The summed E-state index contributed by atoms with van der Waals surface area (Å²) < 4.78 is 13.7. The Morgan fingerprint density at radius 2 is 1.88 bits per heavy atom. The Kier molecular flexibility index (Phi) is 7.29. The summed E-state index contributed by atoms with van der Waals surface area (Å²) in [5, 5.41) is 0. The van der Waals surface area contributed by atoms with Gasteiger partial charge in [-0.3, -0.25) is 9.36 Å². The lowest BCUT2D eigenvalue weighted by Crippen LogP contribution is -2.39. The maximum absolute atomic E-state index is 13.5. The number of allylic oxidation sites excluding steroid dienone is 2. The molecular weight excluding hydrogens is 516 g/mol. The highest BCUT2D eigenvalue weighted by Gasteiger charge is 2.33. The molecule has 0 saturated carbocycles. The van der Waals surface area contributed by atoms with Crippen molar-refractivity contribution in [2.24, 2.45) is 4.99 Å². The minimum Gasteiger partial charge on any atom is -0.497 e. The van der Waals surface area contributed by atoms with E-state index in [2.05, 4.69) is 20.9 Å². The van der Waals surface area contributed by atoms with Crippen LogP contribution in [0.3, 0.4) is 0 Å². The fourth-order valence-electron chi connectivity index (χ4n) is 3.73. The van der Waals surface area contributed by atoms with Crippen LogP contribution in [0.5, 0.6) is 5.75 Å². The summed E-state index contributed by atoms with van der Waals surface area (Å²) in [5.74, 6) is 0.210. The molecule has 2 aromatic carbocycles. The van der Waals surface area contributed by atoms with Crippen LogP contribution in [0.15, 0.2) is 80.1 Å². The third-order valence-electron chi connectivity index (χ3n) is 5.35. The Morgan fingerprint density at radius 3 is 2.53 bits per heavy atom. The number of halogens is 1. The number of ether oxygens (including phenoxy) is 2. The minimum atomic E-state index is -0.640. The second-order valence-corrected chi connectivity index (χ2v) is 9.43. The molecule has 1 aromatic heterocycles. The number of carbonyl (C=O) groups excluding carboxylic acids is 1. The number of methoxy groups -OCH3 is 1. The summed E-state index contributed by atoms with van der Waals surface area (Å²) in [7, 11) is 1.59. The van der Waals surface area contributed by atoms with Crippen LogP contribution in [0, 0.1) is 0 Å². The van der Waals surface area contributed by atoms with Crippen LogP contribution in [0.25, 0.3) is 12.2 Å². The first kappa shape index (κ1) is 23.9. The highest BCUT2D eigenvalue weighted by atomic mass is 79.9. The quantitative estimate of drug-likeness (QED) is 0.440. The smallest absolute Gasteiger partial charge is 0.338 e. The molecule has 1 aliphatic rings. The molecule has 1 aliphatic heterocycles. The standard InChI is InChI=1S/C26H23BrN2O4S/c1-4-33-25(31)22-16(2)28-26-29(23(22)18-10-14-20(32-3)15-11-18)24(30)21(34-26)7-5-6-17-8-12-19(27)13-9-17/h5-15,23H,4H2,1-3H3/b6-5+,21-7?/t23-/m1/s1. The Labute approximate surface area is 209 Å². The summed E-state index contributed by atoms with van der Waals surface area (Å²) in [6, 6.07) is 14.6. The number of hydrogen-bond donors (Lipinski definition) is 0. The molecule has 0 saturated heterocycles. The molecule has 0 aliphatic carbocycles. The number of rotatable bonds is 6. The molecule has 1 atom stereocenters. The number of fused-ring (bicyclic) bond motifs is 1. The Hall–Kier alpha value is -3.23. The SMILES string of the molecule is CCOC(=O)C1=C(C)N=c2sc(=C/C=C/c3ccc(Br)cc3)c(=O)n2[C@@H]1c1ccc(OC)cc1. The Bertz CT molecular complexity index is 1450. The summed E-state index contributed by atoms with van der Waals surface area (Å²) in [6.45, 7) is 3.76. The number of nitrogens with zero attached hydrogens (tertiary/aromatic N) is 2. The van der Waals surface area contributed by atoms with Crippen molar-refractivity contribution >= 4 is 45.4 Å². The van der Waals surface area contributed by atoms with E-state index in [1.807, 2.05) is 60.7 Å². The predicted octanol–water partition coefficient (Wildman–Crippen LogP) is 4.23. The van der Waals surface area contributed by atoms with Gasteiger partial charge in [0.05, 0.1) is 35.6 Å². The van der Waals surface area contributed by atoms with Gasteiger partial charge < -0.3 is 9.47 Å². The van der Waals surface area contributed by atoms with E-state index in [4.69, 9.17) is 9.47 Å². The molecule has 0 N–H and O–H groups in total. The Balaban J connectivity index is 1.83. The highest BCUT2D eigenvalue weighted by Crippen LogP contribution is 2.31. The molecule has 6 nitrogen and oxygen atoms in total. The number of esters is 1. The number of thiazole rings is 1. The van der Waals surface area contributed by atoms with E-state index in [1.54, 1.807) is 31.6 Å². The maximum atomic E-state index is 13.5. The summed E-state index contributed by atoms with van der Waals surface area (Å²) in [5.41, 5.74) is 2.48. The number of aromatic nitrogens is 1. The predicted molar refractivity (Wildman–Crippen MR) is 137 cm³/mol.